The predicted octanol–water partition coefficient (Wildman–Crippen LogP) is 2.08. The van der Waals surface area contributed by atoms with Crippen LogP contribution in [0.25, 0.3) is 0 Å². The number of nitriles is 1. The fourth-order valence-corrected chi connectivity index (χ4v) is 2.57. The highest BCUT2D eigenvalue weighted by atomic mass is 19.1. The van der Waals surface area contributed by atoms with Crippen molar-refractivity contribution >= 4 is 11.7 Å². The van der Waals surface area contributed by atoms with Gasteiger partial charge in [0.1, 0.15) is 23.5 Å². The second-order valence-corrected chi connectivity index (χ2v) is 5.49. The fourth-order valence-electron chi connectivity index (χ4n) is 2.57. The summed E-state index contributed by atoms with van der Waals surface area (Å²) < 4.78 is 26.7. The average Bonchev–Trinajstić information content (AvgIpc) is 2.59. The lowest BCUT2D eigenvalue weighted by atomic mass is 10.1. The number of nitrogens with zero attached hydrogens (tertiary/aromatic N) is 4. The lowest BCUT2D eigenvalue weighted by Crippen LogP contribution is -2.50. The largest absolute Gasteiger partial charge is 0.346 e. The number of benzene rings is 1. The Bertz CT molecular complexity index is 801. The predicted molar refractivity (Wildman–Crippen MR) is 82.9 cm³/mol. The van der Waals surface area contributed by atoms with Gasteiger partial charge in [0, 0.05) is 37.5 Å². The SMILES string of the molecule is N#Cc1ccc(N2CCN(Cc3ccc(F)cc3F)C(=O)C2)nc1. The maximum atomic E-state index is 13.7. The van der Waals surface area contributed by atoms with Gasteiger partial charge in [0.2, 0.25) is 5.91 Å². The molecule has 0 unspecified atom stereocenters. The number of amides is 1. The topological polar surface area (TPSA) is 60.2 Å². The number of piperazine rings is 1. The third-order valence-corrected chi connectivity index (χ3v) is 3.90. The van der Waals surface area contributed by atoms with Crippen molar-refractivity contribution in [3.8, 4) is 6.07 Å². The van der Waals surface area contributed by atoms with Crippen LogP contribution in [0.4, 0.5) is 14.6 Å². The number of carbonyl (C=O) groups excluding carboxylic acids is 1. The molecular formula is C17H14F2N4O. The Morgan fingerprint density at radius 3 is 2.67 bits per heavy atom. The van der Waals surface area contributed by atoms with E-state index in [4.69, 9.17) is 5.26 Å². The summed E-state index contributed by atoms with van der Waals surface area (Å²) in [6.07, 6.45) is 1.46. The number of hydrogen-bond donors (Lipinski definition) is 0. The molecule has 0 bridgehead atoms. The van der Waals surface area contributed by atoms with Crippen molar-refractivity contribution in [1.29, 1.82) is 5.26 Å². The Kier molecular flexibility index (Phi) is 4.38. The van der Waals surface area contributed by atoms with Gasteiger partial charge in [0.25, 0.3) is 0 Å². The van der Waals surface area contributed by atoms with E-state index in [9.17, 15) is 13.6 Å². The van der Waals surface area contributed by atoms with E-state index in [2.05, 4.69) is 4.98 Å². The normalized spacial score (nSPS) is 14.6. The van der Waals surface area contributed by atoms with E-state index in [0.29, 0.717) is 24.5 Å². The van der Waals surface area contributed by atoms with Crippen LogP contribution in [0.3, 0.4) is 0 Å². The second kappa shape index (κ2) is 6.62. The van der Waals surface area contributed by atoms with Gasteiger partial charge in [-0.1, -0.05) is 6.07 Å². The van der Waals surface area contributed by atoms with Crippen molar-refractivity contribution in [3.63, 3.8) is 0 Å². The zero-order valence-corrected chi connectivity index (χ0v) is 12.7. The van der Waals surface area contributed by atoms with Crippen LogP contribution in [-0.2, 0) is 11.3 Å². The third kappa shape index (κ3) is 3.33. The van der Waals surface area contributed by atoms with Crippen molar-refractivity contribution in [2.45, 2.75) is 6.54 Å². The molecule has 3 rings (SSSR count). The molecule has 122 valence electrons. The Labute approximate surface area is 137 Å². The highest BCUT2D eigenvalue weighted by molar-refractivity contribution is 5.82. The third-order valence-electron chi connectivity index (χ3n) is 3.90. The van der Waals surface area contributed by atoms with E-state index >= 15 is 0 Å². The Balaban J connectivity index is 1.66. The molecule has 0 aliphatic carbocycles. The van der Waals surface area contributed by atoms with Crippen molar-refractivity contribution in [2.75, 3.05) is 24.5 Å². The Hall–Kier alpha value is -3.01. The molecular weight excluding hydrogens is 314 g/mol. The number of aromatic nitrogens is 1. The first-order valence-electron chi connectivity index (χ1n) is 7.39. The minimum Gasteiger partial charge on any atom is -0.346 e. The van der Waals surface area contributed by atoms with Crippen LogP contribution in [0.2, 0.25) is 0 Å². The van der Waals surface area contributed by atoms with Gasteiger partial charge >= 0.3 is 0 Å². The second-order valence-electron chi connectivity index (χ2n) is 5.49. The molecule has 2 aromatic rings. The number of rotatable bonds is 3. The summed E-state index contributed by atoms with van der Waals surface area (Å²) in [5, 5.41) is 8.78. The molecule has 1 amide bonds. The van der Waals surface area contributed by atoms with Gasteiger partial charge in [-0.05, 0) is 18.2 Å². The molecule has 1 aliphatic heterocycles. The van der Waals surface area contributed by atoms with Gasteiger partial charge in [-0.2, -0.15) is 5.26 Å². The number of carbonyl (C=O) groups is 1. The molecule has 24 heavy (non-hydrogen) atoms. The molecule has 1 fully saturated rings. The van der Waals surface area contributed by atoms with Gasteiger partial charge in [0.05, 0.1) is 12.1 Å². The summed E-state index contributed by atoms with van der Waals surface area (Å²) in [5.74, 6) is -0.829. The van der Waals surface area contributed by atoms with Crippen LogP contribution in [0, 0.1) is 23.0 Å². The number of halogens is 2. The first-order valence-corrected chi connectivity index (χ1v) is 7.39. The van der Waals surface area contributed by atoms with Crippen LogP contribution in [-0.4, -0.2) is 35.4 Å². The number of hydrogen-bond acceptors (Lipinski definition) is 4. The molecule has 7 heteroatoms. The summed E-state index contributed by atoms with van der Waals surface area (Å²) in [4.78, 5) is 19.8. The molecule has 0 N–H and O–H groups in total. The lowest BCUT2D eigenvalue weighted by molar-refractivity contribution is -0.131. The number of anilines is 1. The minimum absolute atomic E-state index is 0.111. The monoisotopic (exact) mass is 328 g/mol. The molecule has 0 spiro atoms. The molecule has 1 aliphatic rings. The fraction of sp³-hybridized carbons (Fsp3) is 0.235. The highest BCUT2D eigenvalue weighted by Crippen LogP contribution is 2.18. The molecule has 5 nitrogen and oxygen atoms in total. The van der Waals surface area contributed by atoms with Crippen molar-refractivity contribution < 1.29 is 13.6 Å². The summed E-state index contributed by atoms with van der Waals surface area (Å²) in [7, 11) is 0. The Morgan fingerprint density at radius 1 is 1.21 bits per heavy atom. The van der Waals surface area contributed by atoms with Crippen LogP contribution in [0.1, 0.15) is 11.1 Å². The molecule has 0 radical (unpaired) electrons. The van der Waals surface area contributed by atoms with Crippen LogP contribution in [0.5, 0.6) is 0 Å². The van der Waals surface area contributed by atoms with Gasteiger partial charge in [0.15, 0.2) is 0 Å². The average molecular weight is 328 g/mol. The lowest BCUT2D eigenvalue weighted by Gasteiger charge is -2.35. The van der Waals surface area contributed by atoms with Crippen molar-refractivity contribution in [2.24, 2.45) is 0 Å². The summed E-state index contributed by atoms with van der Waals surface area (Å²) in [5.41, 5.74) is 0.741. The first-order chi connectivity index (χ1) is 11.6. The highest BCUT2D eigenvalue weighted by Gasteiger charge is 2.25. The first kappa shape index (κ1) is 15.9. The van der Waals surface area contributed by atoms with Gasteiger partial charge in [-0.25, -0.2) is 13.8 Å². The molecule has 1 saturated heterocycles. The summed E-state index contributed by atoms with van der Waals surface area (Å²) in [6.45, 7) is 1.20. The van der Waals surface area contributed by atoms with E-state index < -0.39 is 11.6 Å². The maximum Gasteiger partial charge on any atom is 0.242 e. The van der Waals surface area contributed by atoms with E-state index in [1.807, 2.05) is 6.07 Å². The molecule has 0 saturated carbocycles. The van der Waals surface area contributed by atoms with E-state index in [1.165, 1.54) is 23.2 Å². The molecule has 1 aromatic carbocycles. The summed E-state index contributed by atoms with van der Waals surface area (Å²) >= 11 is 0. The van der Waals surface area contributed by atoms with E-state index in [-0.39, 0.29) is 24.6 Å². The van der Waals surface area contributed by atoms with Crippen molar-refractivity contribution in [3.05, 3.63) is 59.3 Å². The van der Waals surface area contributed by atoms with Crippen LogP contribution in [0.15, 0.2) is 36.5 Å². The molecule has 2 heterocycles. The molecule has 0 atom stereocenters. The smallest absolute Gasteiger partial charge is 0.242 e. The minimum atomic E-state index is -0.654. The van der Waals surface area contributed by atoms with Gasteiger partial charge in [-0.15, -0.1) is 0 Å². The van der Waals surface area contributed by atoms with Crippen molar-refractivity contribution in [1.82, 2.24) is 9.88 Å². The van der Waals surface area contributed by atoms with Crippen LogP contribution >= 0.6 is 0 Å². The molecule has 1 aromatic heterocycles. The van der Waals surface area contributed by atoms with Crippen LogP contribution < -0.4 is 4.90 Å². The van der Waals surface area contributed by atoms with Gasteiger partial charge < -0.3 is 9.80 Å². The van der Waals surface area contributed by atoms with E-state index in [1.54, 1.807) is 17.0 Å². The number of pyridine rings is 1. The zero-order valence-electron chi connectivity index (χ0n) is 12.7. The quantitative estimate of drug-likeness (QED) is 0.865. The van der Waals surface area contributed by atoms with E-state index in [0.717, 1.165) is 6.07 Å². The summed E-state index contributed by atoms with van der Waals surface area (Å²) in [6, 6.07) is 8.68. The zero-order chi connectivity index (χ0) is 17.1. The Morgan fingerprint density at radius 2 is 2.04 bits per heavy atom. The maximum absolute atomic E-state index is 13.7. The van der Waals surface area contributed by atoms with Gasteiger partial charge in [-0.3, -0.25) is 4.79 Å². The standard InChI is InChI=1S/C17H14F2N4O/c18-14-3-2-13(15(19)7-14)10-23-6-5-22(11-17(23)24)16-4-1-12(8-20)9-21-16/h1-4,7,9H,5-6,10-11H2.